The van der Waals surface area contributed by atoms with Gasteiger partial charge in [0.25, 0.3) is 0 Å². The van der Waals surface area contributed by atoms with Gasteiger partial charge in [0.1, 0.15) is 5.82 Å². The molecule has 0 bridgehead atoms. The van der Waals surface area contributed by atoms with Crippen LogP contribution in [0, 0.1) is 0 Å². The zero-order valence-electron chi connectivity index (χ0n) is 30.4. The highest BCUT2D eigenvalue weighted by molar-refractivity contribution is 6.21. The molecule has 0 atom stereocenters. The molecule has 0 saturated carbocycles. The van der Waals surface area contributed by atoms with Gasteiger partial charge in [0.2, 0.25) is 0 Å². The van der Waals surface area contributed by atoms with Crippen LogP contribution in [0.2, 0.25) is 0 Å². The smallest absolute Gasteiger partial charge is 0.165 e. The van der Waals surface area contributed by atoms with E-state index < -0.39 is 0 Å². The minimum Gasteiger partial charge on any atom is -0.309 e. The number of aryl methyl sites for hydroxylation is 1. The van der Waals surface area contributed by atoms with Crippen molar-refractivity contribution in [2.75, 3.05) is 0 Å². The highest BCUT2D eigenvalue weighted by atomic mass is 15.1. The summed E-state index contributed by atoms with van der Waals surface area (Å²) in [6.45, 7) is 0. The number of pyridine rings is 1. The molecule has 0 N–H and O–H groups in total. The second-order valence-electron chi connectivity index (χ2n) is 14.2. The molecule has 4 aromatic heterocycles. The third-order valence-electron chi connectivity index (χ3n) is 10.9. The molecule has 0 saturated heterocycles. The normalized spacial score (nSPS) is 12.4. The van der Waals surface area contributed by atoms with Gasteiger partial charge >= 0.3 is 0 Å². The minimum absolute atomic E-state index is 0.572. The predicted octanol–water partition coefficient (Wildman–Crippen LogP) is 11.9. The van der Waals surface area contributed by atoms with Crippen molar-refractivity contribution in [3.63, 3.8) is 0 Å². The van der Waals surface area contributed by atoms with Gasteiger partial charge in [-0.3, -0.25) is 4.57 Å². The fourth-order valence-electron chi connectivity index (χ4n) is 8.31. The number of benzene rings is 6. The molecule has 4 heterocycles. The second-order valence-corrected chi connectivity index (χ2v) is 14.2. The highest BCUT2D eigenvalue weighted by Gasteiger charge is 2.24. The number of rotatable bonds is 6. The number of aromatic nitrogens is 6. The zero-order valence-corrected chi connectivity index (χ0v) is 30.4. The molecule has 6 heteroatoms. The molecular weight excluding hydrogens is 685 g/mol. The van der Waals surface area contributed by atoms with Gasteiger partial charge in [-0.25, -0.2) is 19.9 Å². The number of para-hydroxylation sites is 2. The standard InChI is InChI=1S/C50H34N6/c1-4-14-33(15-5-1)34-24-26-36(27-25-34)49-52-48(35-16-6-2-7-17-35)53-50(54-49)37-28-31-45(51-32-37)56-43-23-13-11-21-41(43)46-44(56)30-29-40-39-20-10-12-22-42(39)55(47(40)46)38-18-8-3-9-19-38/h1-9,11-19,21-32H,10,20H2. The first-order valence-corrected chi connectivity index (χ1v) is 19.0. The van der Waals surface area contributed by atoms with Gasteiger partial charge in [-0.1, -0.05) is 133 Å². The van der Waals surface area contributed by atoms with E-state index in [-0.39, 0.29) is 0 Å². The Balaban J connectivity index is 1.05. The monoisotopic (exact) mass is 718 g/mol. The summed E-state index contributed by atoms with van der Waals surface area (Å²) in [6, 6.07) is 57.0. The molecule has 6 aromatic carbocycles. The summed E-state index contributed by atoms with van der Waals surface area (Å²) in [5, 5.41) is 3.73. The maximum Gasteiger partial charge on any atom is 0.165 e. The summed E-state index contributed by atoms with van der Waals surface area (Å²) in [5.41, 5.74) is 12.3. The Hall–Kier alpha value is -7.44. The van der Waals surface area contributed by atoms with Crippen LogP contribution in [0.15, 0.2) is 176 Å². The Morgan fingerprint density at radius 3 is 1.75 bits per heavy atom. The average molecular weight is 719 g/mol. The molecule has 1 aliphatic carbocycles. The number of fused-ring (bicyclic) bond motifs is 7. The van der Waals surface area contributed by atoms with E-state index in [2.05, 4.69) is 149 Å². The van der Waals surface area contributed by atoms with Crippen molar-refractivity contribution in [1.29, 1.82) is 0 Å². The Labute approximate surface area is 323 Å². The van der Waals surface area contributed by atoms with Crippen LogP contribution in [-0.2, 0) is 6.42 Å². The summed E-state index contributed by atoms with van der Waals surface area (Å²) in [6.07, 6.45) is 8.56. The maximum atomic E-state index is 5.12. The van der Waals surface area contributed by atoms with E-state index in [1.165, 1.54) is 38.5 Å². The van der Waals surface area contributed by atoms with Crippen LogP contribution in [0.25, 0.3) is 95.6 Å². The van der Waals surface area contributed by atoms with E-state index in [1.54, 1.807) is 0 Å². The van der Waals surface area contributed by atoms with Gasteiger partial charge in [0.15, 0.2) is 17.5 Å². The van der Waals surface area contributed by atoms with Gasteiger partial charge in [0.05, 0.1) is 16.6 Å². The van der Waals surface area contributed by atoms with Gasteiger partial charge in [-0.05, 0) is 72.0 Å². The summed E-state index contributed by atoms with van der Waals surface area (Å²) < 4.78 is 4.74. The summed E-state index contributed by atoms with van der Waals surface area (Å²) in [7, 11) is 0. The second kappa shape index (κ2) is 13.1. The lowest BCUT2D eigenvalue weighted by atomic mass is 10.00. The lowest BCUT2D eigenvalue weighted by Gasteiger charge is -2.12. The van der Waals surface area contributed by atoms with Crippen molar-refractivity contribution >= 4 is 38.8 Å². The summed E-state index contributed by atoms with van der Waals surface area (Å²) in [5.74, 6) is 2.63. The highest BCUT2D eigenvalue weighted by Crippen LogP contribution is 2.42. The summed E-state index contributed by atoms with van der Waals surface area (Å²) >= 11 is 0. The van der Waals surface area contributed by atoms with Crippen molar-refractivity contribution in [2.24, 2.45) is 0 Å². The van der Waals surface area contributed by atoms with Gasteiger partial charge < -0.3 is 4.57 Å². The van der Waals surface area contributed by atoms with Gasteiger partial charge in [0, 0.05) is 50.4 Å². The molecule has 0 unspecified atom stereocenters. The number of nitrogens with zero attached hydrogens (tertiary/aromatic N) is 6. The van der Waals surface area contributed by atoms with Crippen LogP contribution in [-0.4, -0.2) is 29.1 Å². The first-order valence-electron chi connectivity index (χ1n) is 19.0. The molecule has 0 spiro atoms. The van der Waals surface area contributed by atoms with Crippen molar-refractivity contribution in [3.05, 3.63) is 187 Å². The van der Waals surface area contributed by atoms with Crippen molar-refractivity contribution < 1.29 is 0 Å². The van der Waals surface area contributed by atoms with Crippen molar-refractivity contribution in [2.45, 2.75) is 12.8 Å². The third-order valence-corrected chi connectivity index (χ3v) is 10.9. The molecule has 1 aliphatic rings. The topological polar surface area (TPSA) is 61.4 Å². The largest absolute Gasteiger partial charge is 0.309 e. The van der Waals surface area contributed by atoms with E-state index >= 15 is 0 Å². The van der Waals surface area contributed by atoms with Crippen LogP contribution < -0.4 is 0 Å². The molecule has 56 heavy (non-hydrogen) atoms. The van der Waals surface area contributed by atoms with E-state index in [0.717, 1.165) is 57.6 Å². The van der Waals surface area contributed by atoms with E-state index in [1.807, 2.05) is 42.6 Å². The van der Waals surface area contributed by atoms with E-state index in [0.29, 0.717) is 17.5 Å². The Kier molecular flexibility index (Phi) is 7.52. The lowest BCUT2D eigenvalue weighted by Crippen LogP contribution is -2.02. The van der Waals surface area contributed by atoms with E-state index in [9.17, 15) is 0 Å². The Bertz CT molecular complexity index is 3090. The quantitative estimate of drug-likeness (QED) is 0.172. The predicted molar refractivity (Wildman–Crippen MR) is 228 cm³/mol. The summed E-state index contributed by atoms with van der Waals surface area (Å²) in [4.78, 5) is 20.1. The molecule has 11 rings (SSSR count). The number of hydrogen-bond donors (Lipinski definition) is 0. The van der Waals surface area contributed by atoms with Gasteiger partial charge in [-0.2, -0.15) is 0 Å². The molecule has 0 aliphatic heterocycles. The molecule has 0 fully saturated rings. The molecule has 6 nitrogen and oxygen atoms in total. The van der Waals surface area contributed by atoms with E-state index in [4.69, 9.17) is 19.9 Å². The fourth-order valence-corrected chi connectivity index (χ4v) is 8.31. The maximum absolute atomic E-state index is 5.12. The molecule has 10 aromatic rings. The van der Waals surface area contributed by atoms with Crippen molar-refractivity contribution in [3.8, 4) is 56.8 Å². The number of allylic oxidation sites excluding steroid dienone is 1. The molecule has 264 valence electrons. The first kappa shape index (κ1) is 32.0. The van der Waals surface area contributed by atoms with Crippen LogP contribution in [0.3, 0.4) is 0 Å². The van der Waals surface area contributed by atoms with Crippen LogP contribution in [0.5, 0.6) is 0 Å². The molecule has 0 amide bonds. The zero-order chi connectivity index (χ0) is 37.0. The number of hydrogen-bond acceptors (Lipinski definition) is 4. The van der Waals surface area contributed by atoms with Crippen LogP contribution in [0.1, 0.15) is 17.7 Å². The Morgan fingerprint density at radius 1 is 0.446 bits per heavy atom. The average Bonchev–Trinajstić information content (AvgIpc) is 3.80. The van der Waals surface area contributed by atoms with Crippen LogP contribution >= 0.6 is 0 Å². The van der Waals surface area contributed by atoms with Gasteiger partial charge in [-0.15, -0.1) is 0 Å². The minimum atomic E-state index is 0.572. The van der Waals surface area contributed by atoms with Crippen LogP contribution in [0.4, 0.5) is 0 Å². The fraction of sp³-hybridized carbons (Fsp3) is 0.0400. The van der Waals surface area contributed by atoms with Crippen molar-refractivity contribution in [1.82, 2.24) is 29.1 Å². The SMILES string of the molecule is C1=Cc2c(c3ccc4c(c5ccccc5n4-c4ccc(-c5nc(-c6ccccc6)nc(-c6ccc(-c7ccccc7)cc6)n5)cn4)c3n2-c2ccccc2)CC1. The first-order chi connectivity index (χ1) is 27.8. The lowest BCUT2D eigenvalue weighted by molar-refractivity contribution is 0.968. The third kappa shape index (κ3) is 5.26. The molecular formula is C50H34N6. The Morgan fingerprint density at radius 2 is 1.04 bits per heavy atom. The molecule has 0 radical (unpaired) electrons.